The van der Waals surface area contributed by atoms with Crippen LogP contribution in [-0.2, 0) is 11.3 Å². The second kappa shape index (κ2) is 9.46. The first kappa shape index (κ1) is 21.4. The first-order chi connectivity index (χ1) is 13.9. The molecule has 0 fully saturated rings. The molecule has 0 spiro atoms. The minimum absolute atomic E-state index is 0.102. The maximum absolute atomic E-state index is 12.9. The summed E-state index contributed by atoms with van der Waals surface area (Å²) in [6.07, 6.45) is 0.792. The first-order valence-electron chi connectivity index (χ1n) is 9.62. The predicted molar refractivity (Wildman–Crippen MR) is 120 cm³/mol. The van der Waals surface area contributed by atoms with Crippen molar-refractivity contribution < 1.29 is 4.79 Å². The van der Waals surface area contributed by atoms with E-state index < -0.39 is 5.25 Å². The van der Waals surface area contributed by atoms with Crippen LogP contribution in [0.1, 0.15) is 38.8 Å². The maximum atomic E-state index is 12.9. The van der Waals surface area contributed by atoms with Gasteiger partial charge < -0.3 is 5.32 Å². The molecule has 0 unspecified atom stereocenters. The first-order valence-corrected chi connectivity index (χ1v) is 10.9. The van der Waals surface area contributed by atoms with Crippen molar-refractivity contribution in [3.05, 3.63) is 69.5 Å². The smallest absolute Gasteiger partial charge is 0.262 e. The summed E-state index contributed by atoms with van der Waals surface area (Å²) >= 11 is 7.36. The highest BCUT2D eigenvalue weighted by Gasteiger charge is 2.21. The van der Waals surface area contributed by atoms with E-state index in [2.05, 4.69) is 10.3 Å². The Hall–Kier alpha value is -2.31. The van der Waals surface area contributed by atoms with Crippen molar-refractivity contribution in [3.8, 4) is 0 Å². The summed E-state index contributed by atoms with van der Waals surface area (Å²) in [6, 6.07) is 14.8. The maximum Gasteiger partial charge on any atom is 0.262 e. The van der Waals surface area contributed by atoms with E-state index in [1.807, 2.05) is 51.1 Å². The van der Waals surface area contributed by atoms with Crippen molar-refractivity contribution in [1.82, 2.24) is 14.9 Å². The van der Waals surface area contributed by atoms with Crippen molar-refractivity contribution in [2.75, 3.05) is 0 Å². The van der Waals surface area contributed by atoms with Crippen LogP contribution < -0.4 is 10.9 Å². The Kier molecular flexibility index (Phi) is 6.98. The summed E-state index contributed by atoms with van der Waals surface area (Å²) in [5.74, 6) is -0.102. The van der Waals surface area contributed by atoms with Crippen molar-refractivity contribution in [3.63, 3.8) is 0 Å². The van der Waals surface area contributed by atoms with Gasteiger partial charge in [-0.05, 0) is 44.0 Å². The number of nitrogens with one attached hydrogen (secondary N) is 1. The van der Waals surface area contributed by atoms with Gasteiger partial charge in [0.1, 0.15) is 0 Å². The lowest BCUT2D eigenvalue weighted by molar-refractivity contribution is -0.120. The van der Waals surface area contributed by atoms with Crippen molar-refractivity contribution in [1.29, 1.82) is 0 Å². The number of aromatic nitrogens is 2. The summed E-state index contributed by atoms with van der Waals surface area (Å²) in [4.78, 5) is 30.3. The summed E-state index contributed by atoms with van der Waals surface area (Å²) in [5.41, 5.74) is 1.48. The Morgan fingerprint density at radius 3 is 2.62 bits per heavy atom. The zero-order valence-electron chi connectivity index (χ0n) is 16.7. The number of benzene rings is 2. The lowest BCUT2D eigenvalue weighted by Crippen LogP contribution is -2.34. The van der Waals surface area contributed by atoms with Gasteiger partial charge in [-0.1, -0.05) is 60.6 Å². The Bertz CT molecular complexity index is 1070. The highest BCUT2D eigenvalue weighted by atomic mass is 35.5. The number of thioether (sulfide) groups is 1. The number of halogens is 1. The third-order valence-electron chi connectivity index (χ3n) is 4.64. The van der Waals surface area contributed by atoms with Gasteiger partial charge in [-0.2, -0.15) is 0 Å². The lowest BCUT2D eigenvalue weighted by atomic mass is 10.1. The molecule has 2 atom stereocenters. The van der Waals surface area contributed by atoms with E-state index in [1.165, 1.54) is 11.8 Å². The van der Waals surface area contributed by atoms with Gasteiger partial charge >= 0.3 is 0 Å². The van der Waals surface area contributed by atoms with Crippen LogP contribution in [0.5, 0.6) is 0 Å². The molecule has 152 valence electrons. The van der Waals surface area contributed by atoms with Crippen LogP contribution in [0.25, 0.3) is 10.9 Å². The highest BCUT2D eigenvalue weighted by molar-refractivity contribution is 8.00. The standard InChI is InChI=1S/C22H24ClN3O2S/c1-4-12-26-21(28)18-11-10-17(23)13-19(18)25-22(26)29-15(3)20(27)24-14(2)16-8-6-5-7-9-16/h5-11,13-15H,4,12H2,1-3H3,(H,24,27)/t14-,15+/m0/s1. The minimum atomic E-state index is -0.409. The van der Waals surface area contributed by atoms with Gasteiger partial charge in [-0.25, -0.2) is 4.98 Å². The third kappa shape index (κ3) is 5.00. The Labute approximate surface area is 179 Å². The average Bonchev–Trinajstić information content (AvgIpc) is 2.71. The van der Waals surface area contributed by atoms with Gasteiger partial charge in [0.25, 0.3) is 5.56 Å². The number of hydrogen-bond acceptors (Lipinski definition) is 4. The molecule has 1 heterocycles. The summed E-state index contributed by atoms with van der Waals surface area (Å²) < 4.78 is 1.64. The molecule has 1 aromatic heterocycles. The second-order valence-corrected chi connectivity index (χ2v) is 8.66. The fourth-order valence-electron chi connectivity index (χ4n) is 3.05. The number of carbonyl (C=O) groups is 1. The highest BCUT2D eigenvalue weighted by Crippen LogP contribution is 2.25. The monoisotopic (exact) mass is 429 g/mol. The van der Waals surface area contributed by atoms with Crippen LogP contribution in [0.3, 0.4) is 0 Å². The summed E-state index contributed by atoms with van der Waals surface area (Å²) in [5, 5.41) is 4.21. The van der Waals surface area contributed by atoms with E-state index in [0.717, 1.165) is 12.0 Å². The molecule has 0 aliphatic heterocycles. The fraction of sp³-hybridized carbons (Fsp3) is 0.318. The van der Waals surface area contributed by atoms with E-state index in [-0.39, 0.29) is 17.5 Å². The van der Waals surface area contributed by atoms with E-state index in [9.17, 15) is 9.59 Å². The molecule has 0 bridgehead atoms. The van der Waals surface area contributed by atoms with Gasteiger partial charge in [0, 0.05) is 11.6 Å². The van der Waals surface area contributed by atoms with Crippen LogP contribution in [0.2, 0.25) is 5.02 Å². The second-order valence-electron chi connectivity index (χ2n) is 6.91. The molecular weight excluding hydrogens is 406 g/mol. The average molecular weight is 430 g/mol. The largest absolute Gasteiger partial charge is 0.349 e. The molecular formula is C22H24ClN3O2S. The number of nitrogens with zero attached hydrogens (tertiary/aromatic N) is 2. The molecule has 7 heteroatoms. The number of rotatable bonds is 7. The molecule has 0 aliphatic rings. The molecule has 1 amide bonds. The predicted octanol–water partition coefficient (Wildman–Crippen LogP) is 4.82. The Morgan fingerprint density at radius 2 is 1.93 bits per heavy atom. The molecule has 29 heavy (non-hydrogen) atoms. The lowest BCUT2D eigenvalue weighted by Gasteiger charge is -2.19. The Morgan fingerprint density at radius 1 is 1.21 bits per heavy atom. The van der Waals surface area contributed by atoms with Crippen molar-refractivity contribution in [2.45, 2.75) is 50.2 Å². The third-order valence-corrected chi connectivity index (χ3v) is 5.96. The summed E-state index contributed by atoms with van der Waals surface area (Å²) in [6.45, 7) is 6.32. The zero-order chi connectivity index (χ0) is 21.0. The molecule has 0 saturated heterocycles. The van der Waals surface area contributed by atoms with Crippen LogP contribution in [0, 0.1) is 0 Å². The van der Waals surface area contributed by atoms with Gasteiger partial charge in [0.2, 0.25) is 5.91 Å². The van der Waals surface area contributed by atoms with Crippen LogP contribution >= 0.6 is 23.4 Å². The normalized spacial score (nSPS) is 13.2. The van der Waals surface area contributed by atoms with Gasteiger partial charge in [-0.3, -0.25) is 14.2 Å². The number of amides is 1. The molecule has 3 rings (SSSR count). The number of carbonyl (C=O) groups excluding carboxylic acids is 1. The van der Waals surface area contributed by atoms with Crippen LogP contribution in [-0.4, -0.2) is 20.7 Å². The number of hydrogen-bond donors (Lipinski definition) is 1. The van der Waals surface area contributed by atoms with Gasteiger partial charge in [0.05, 0.1) is 22.2 Å². The number of fused-ring (bicyclic) bond motifs is 1. The van der Waals surface area contributed by atoms with Crippen LogP contribution in [0.15, 0.2) is 58.5 Å². The van der Waals surface area contributed by atoms with Crippen LogP contribution in [0.4, 0.5) is 0 Å². The quantitative estimate of drug-likeness (QED) is 0.432. The van der Waals surface area contributed by atoms with E-state index in [0.29, 0.717) is 27.6 Å². The van der Waals surface area contributed by atoms with E-state index in [4.69, 9.17) is 11.6 Å². The SMILES string of the molecule is CCCn1c(S[C@H](C)C(=O)N[C@@H](C)c2ccccc2)nc2cc(Cl)ccc2c1=O. The van der Waals surface area contributed by atoms with E-state index >= 15 is 0 Å². The minimum Gasteiger partial charge on any atom is -0.349 e. The molecule has 0 aliphatic carbocycles. The molecule has 5 nitrogen and oxygen atoms in total. The molecule has 1 N–H and O–H groups in total. The topological polar surface area (TPSA) is 64.0 Å². The Balaban J connectivity index is 1.85. The molecule has 0 saturated carbocycles. The zero-order valence-corrected chi connectivity index (χ0v) is 18.3. The van der Waals surface area contributed by atoms with Crippen molar-refractivity contribution >= 4 is 40.2 Å². The molecule has 2 aromatic carbocycles. The van der Waals surface area contributed by atoms with E-state index in [1.54, 1.807) is 22.8 Å². The fourth-order valence-corrected chi connectivity index (χ4v) is 4.16. The van der Waals surface area contributed by atoms with Gasteiger partial charge in [0.15, 0.2) is 5.16 Å². The molecule has 3 aromatic rings. The van der Waals surface area contributed by atoms with Crippen molar-refractivity contribution in [2.24, 2.45) is 0 Å². The molecule has 0 radical (unpaired) electrons. The summed E-state index contributed by atoms with van der Waals surface area (Å²) in [7, 11) is 0. The van der Waals surface area contributed by atoms with Gasteiger partial charge in [-0.15, -0.1) is 0 Å².